The molecule has 0 N–H and O–H groups in total. The van der Waals surface area contributed by atoms with Gasteiger partial charge in [0.2, 0.25) is 0 Å². The number of hydrogen-bond acceptors (Lipinski definition) is 4. The molecule has 0 saturated heterocycles. The van der Waals surface area contributed by atoms with Crippen LogP contribution in [0.3, 0.4) is 0 Å². The molecule has 0 saturated carbocycles. The van der Waals surface area contributed by atoms with E-state index in [1.54, 1.807) is 86.0 Å². The third-order valence-corrected chi connectivity index (χ3v) is 5.93. The summed E-state index contributed by atoms with van der Waals surface area (Å²) in [6, 6.07) is 24.1. The fraction of sp³-hybridized carbons (Fsp3) is 0.0952. The van der Waals surface area contributed by atoms with E-state index in [0.717, 1.165) is 0 Å². The lowest BCUT2D eigenvalue weighted by molar-refractivity contribution is 0.415. The minimum Gasteiger partial charge on any atom is -0.497 e. The van der Waals surface area contributed by atoms with Crippen molar-refractivity contribution in [1.29, 1.82) is 5.26 Å². The highest BCUT2D eigenvalue weighted by molar-refractivity contribution is 7.92. The molecule has 0 aliphatic carbocycles. The molecule has 0 fully saturated rings. The van der Waals surface area contributed by atoms with Crippen LogP contribution in [0.15, 0.2) is 83.8 Å². The maximum absolute atomic E-state index is 13.3. The first-order valence-electron chi connectivity index (χ1n) is 8.26. The van der Waals surface area contributed by atoms with Crippen molar-refractivity contribution in [1.82, 2.24) is 0 Å². The molecule has 3 aromatic rings. The zero-order valence-electron chi connectivity index (χ0n) is 14.7. The van der Waals surface area contributed by atoms with E-state index in [2.05, 4.69) is 6.07 Å². The van der Waals surface area contributed by atoms with E-state index < -0.39 is 10.0 Å². The number of rotatable bonds is 6. The quantitative estimate of drug-likeness (QED) is 0.651. The average Bonchev–Trinajstić information content (AvgIpc) is 2.73. The van der Waals surface area contributed by atoms with Gasteiger partial charge in [0, 0.05) is 0 Å². The Balaban J connectivity index is 2.10. The van der Waals surface area contributed by atoms with Crippen molar-refractivity contribution in [2.45, 2.75) is 11.4 Å². The molecule has 0 aliphatic heterocycles. The summed E-state index contributed by atoms with van der Waals surface area (Å²) in [6.45, 7) is 0.0489. The Morgan fingerprint density at radius 1 is 0.926 bits per heavy atom. The highest BCUT2D eigenvalue weighted by atomic mass is 32.2. The maximum Gasteiger partial charge on any atom is 0.264 e. The predicted molar refractivity (Wildman–Crippen MR) is 104 cm³/mol. The Kier molecular flexibility index (Phi) is 5.43. The lowest BCUT2D eigenvalue weighted by atomic mass is 10.1. The largest absolute Gasteiger partial charge is 0.497 e. The zero-order chi connectivity index (χ0) is 19.3. The highest BCUT2D eigenvalue weighted by Crippen LogP contribution is 2.28. The molecule has 0 amide bonds. The van der Waals surface area contributed by atoms with E-state index in [-0.39, 0.29) is 11.4 Å². The highest BCUT2D eigenvalue weighted by Gasteiger charge is 2.25. The molecule has 3 aromatic carbocycles. The van der Waals surface area contributed by atoms with Crippen LogP contribution < -0.4 is 9.04 Å². The lowest BCUT2D eigenvalue weighted by Gasteiger charge is -2.25. The van der Waals surface area contributed by atoms with Crippen LogP contribution in [-0.2, 0) is 16.6 Å². The second kappa shape index (κ2) is 7.94. The first-order chi connectivity index (χ1) is 13.1. The summed E-state index contributed by atoms with van der Waals surface area (Å²) in [4.78, 5) is 0.190. The molecule has 0 atom stereocenters. The minimum atomic E-state index is -3.81. The molecule has 0 bridgehead atoms. The number of anilines is 1. The summed E-state index contributed by atoms with van der Waals surface area (Å²) in [5.41, 5.74) is 1.57. The number of nitriles is 1. The smallest absolute Gasteiger partial charge is 0.264 e. The number of methoxy groups -OCH3 is 1. The van der Waals surface area contributed by atoms with Crippen LogP contribution in [0.1, 0.15) is 11.1 Å². The van der Waals surface area contributed by atoms with Crippen molar-refractivity contribution < 1.29 is 13.2 Å². The lowest BCUT2D eigenvalue weighted by Crippen LogP contribution is -2.30. The number of sulfonamides is 1. The first kappa shape index (κ1) is 18.5. The van der Waals surface area contributed by atoms with Crippen LogP contribution in [0.4, 0.5) is 5.69 Å². The van der Waals surface area contributed by atoms with Crippen molar-refractivity contribution in [3.63, 3.8) is 0 Å². The minimum absolute atomic E-state index is 0.0489. The molecule has 0 aromatic heterocycles. The summed E-state index contributed by atoms with van der Waals surface area (Å²) < 4.78 is 33.1. The second-order valence-electron chi connectivity index (χ2n) is 5.79. The van der Waals surface area contributed by atoms with Gasteiger partial charge in [-0.1, -0.05) is 36.4 Å². The molecule has 0 radical (unpaired) electrons. The van der Waals surface area contributed by atoms with E-state index in [1.165, 1.54) is 4.31 Å². The van der Waals surface area contributed by atoms with E-state index in [1.807, 2.05) is 0 Å². The van der Waals surface area contributed by atoms with Gasteiger partial charge in [-0.2, -0.15) is 5.26 Å². The van der Waals surface area contributed by atoms with Crippen molar-refractivity contribution in [3.05, 3.63) is 90.0 Å². The third-order valence-electron chi connectivity index (χ3n) is 4.14. The standard InChI is InChI=1S/C21H18N2O3S/c1-26-20-13-11-19(12-14-20)23(16-18-8-6-5-7-17(18)15-22)27(24,25)21-9-3-2-4-10-21/h2-14H,16H2,1H3. The Labute approximate surface area is 159 Å². The number of benzene rings is 3. The molecule has 0 spiro atoms. The fourth-order valence-corrected chi connectivity index (χ4v) is 4.17. The van der Waals surface area contributed by atoms with Crippen LogP contribution in [0.25, 0.3) is 0 Å². The van der Waals surface area contributed by atoms with Gasteiger partial charge in [-0.25, -0.2) is 8.42 Å². The first-order valence-corrected chi connectivity index (χ1v) is 9.70. The zero-order valence-corrected chi connectivity index (χ0v) is 15.6. The van der Waals surface area contributed by atoms with Crippen LogP contribution in [0.2, 0.25) is 0 Å². The van der Waals surface area contributed by atoms with Crippen molar-refractivity contribution in [2.24, 2.45) is 0 Å². The molecule has 0 aliphatic rings. The molecule has 3 rings (SSSR count). The Hall–Kier alpha value is -3.30. The molecular formula is C21H18N2O3S. The Morgan fingerprint density at radius 3 is 2.19 bits per heavy atom. The third kappa shape index (κ3) is 3.94. The molecule has 6 heteroatoms. The number of hydrogen-bond donors (Lipinski definition) is 0. The van der Waals surface area contributed by atoms with Crippen molar-refractivity contribution in [2.75, 3.05) is 11.4 Å². The van der Waals surface area contributed by atoms with Gasteiger partial charge in [0.15, 0.2) is 0 Å². The van der Waals surface area contributed by atoms with Crippen LogP contribution >= 0.6 is 0 Å². The van der Waals surface area contributed by atoms with Crippen LogP contribution in [-0.4, -0.2) is 15.5 Å². The van der Waals surface area contributed by atoms with Gasteiger partial charge in [0.05, 0.1) is 35.9 Å². The molecule has 136 valence electrons. The topological polar surface area (TPSA) is 70.4 Å². The van der Waals surface area contributed by atoms with Gasteiger partial charge in [0.1, 0.15) is 5.75 Å². The SMILES string of the molecule is COc1ccc(N(Cc2ccccc2C#N)S(=O)(=O)c2ccccc2)cc1. The maximum atomic E-state index is 13.3. The van der Waals surface area contributed by atoms with Crippen molar-refractivity contribution in [3.8, 4) is 11.8 Å². The summed E-state index contributed by atoms with van der Waals surface area (Å²) in [5, 5.41) is 9.36. The van der Waals surface area contributed by atoms with Gasteiger partial charge in [-0.05, 0) is 48.0 Å². The van der Waals surface area contributed by atoms with Gasteiger partial charge < -0.3 is 4.74 Å². The average molecular weight is 378 g/mol. The summed E-state index contributed by atoms with van der Waals surface area (Å²) in [6.07, 6.45) is 0. The molecule has 0 unspecified atom stereocenters. The van der Waals surface area contributed by atoms with Crippen molar-refractivity contribution >= 4 is 15.7 Å². The molecular weight excluding hydrogens is 360 g/mol. The normalized spacial score (nSPS) is 10.8. The van der Waals surface area contributed by atoms with Gasteiger partial charge in [-0.15, -0.1) is 0 Å². The number of nitrogens with zero attached hydrogens (tertiary/aromatic N) is 2. The van der Waals surface area contributed by atoms with E-state index in [4.69, 9.17) is 4.74 Å². The molecule has 0 heterocycles. The van der Waals surface area contributed by atoms with E-state index in [9.17, 15) is 13.7 Å². The van der Waals surface area contributed by atoms with Gasteiger partial charge in [0.25, 0.3) is 10.0 Å². The summed E-state index contributed by atoms with van der Waals surface area (Å²) >= 11 is 0. The van der Waals surface area contributed by atoms with Crippen LogP contribution in [0, 0.1) is 11.3 Å². The molecule has 5 nitrogen and oxygen atoms in total. The monoisotopic (exact) mass is 378 g/mol. The van der Waals surface area contributed by atoms with Crippen LogP contribution in [0.5, 0.6) is 5.75 Å². The van der Waals surface area contributed by atoms with Gasteiger partial charge in [-0.3, -0.25) is 4.31 Å². The fourth-order valence-electron chi connectivity index (χ4n) is 2.71. The van der Waals surface area contributed by atoms with E-state index >= 15 is 0 Å². The summed E-state index contributed by atoms with van der Waals surface area (Å²) in [7, 11) is -2.26. The van der Waals surface area contributed by atoms with E-state index in [0.29, 0.717) is 22.6 Å². The number of ether oxygens (including phenoxy) is 1. The second-order valence-corrected chi connectivity index (χ2v) is 7.65. The molecule has 27 heavy (non-hydrogen) atoms. The van der Waals surface area contributed by atoms with Gasteiger partial charge >= 0.3 is 0 Å². The predicted octanol–water partition coefficient (Wildman–Crippen LogP) is 3.96. The Morgan fingerprint density at radius 2 is 1.56 bits per heavy atom. The Bertz CT molecular complexity index is 1060. The summed E-state index contributed by atoms with van der Waals surface area (Å²) in [5.74, 6) is 0.633.